The van der Waals surface area contributed by atoms with E-state index >= 15 is 0 Å². The van der Waals surface area contributed by atoms with Gasteiger partial charge in [0.05, 0.1) is 9.79 Å². The quantitative estimate of drug-likeness (QED) is 0.476. The molecule has 0 spiro atoms. The Morgan fingerprint density at radius 2 is 1.44 bits per heavy atom. The van der Waals surface area contributed by atoms with E-state index in [1.54, 1.807) is 18.2 Å². The number of esters is 1. The molecule has 0 fully saturated rings. The summed E-state index contributed by atoms with van der Waals surface area (Å²) in [5.41, 5.74) is 0.937. The number of carbonyl (C=O) groups is 1. The molecule has 3 rings (SSSR count). The molecular formula is C21H18O5S. The first-order chi connectivity index (χ1) is 13.0. The zero-order valence-corrected chi connectivity index (χ0v) is 15.5. The summed E-state index contributed by atoms with van der Waals surface area (Å²) in [6, 6.07) is 21.8. The number of hydrogen-bond donors (Lipinski definition) is 0. The van der Waals surface area contributed by atoms with E-state index in [1.807, 2.05) is 30.3 Å². The minimum Gasteiger partial charge on any atom is -0.485 e. The Balaban J connectivity index is 1.93. The van der Waals surface area contributed by atoms with Gasteiger partial charge < -0.3 is 9.47 Å². The molecule has 3 aromatic rings. The van der Waals surface area contributed by atoms with Crippen molar-refractivity contribution in [1.82, 2.24) is 0 Å². The first-order valence-corrected chi connectivity index (χ1v) is 9.74. The normalized spacial score (nSPS) is 11.0. The van der Waals surface area contributed by atoms with Crippen LogP contribution in [0.2, 0.25) is 0 Å². The Hall–Kier alpha value is -3.12. The van der Waals surface area contributed by atoms with Crippen LogP contribution in [0, 0.1) is 0 Å². The van der Waals surface area contributed by atoms with Crippen molar-refractivity contribution in [3.8, 4) is 11.5 Å². The molecule has 138 valence electrons. The SMILES string of the molecule is CC(=O)Oc1cc(S(=O)(=O)c2ccccc2)ccc1OCc1ccccc1. The van der Waals surface area contributed by atoms with Gasteiger partial charge in [-0.2, -0.15) is 0 Å². The van der Waals surface area contributed by atoms with Crippen LogP contribution >= 0.6 is 0 Å². The van der Waals surface area contributed by atoms with E-state index in [1.165, 1.54) is 37.3 Å². The average Bonchev–Trinajstić information content (AvgIpc) is 2.68. The van der Waals surface area contributed by atoms with Crippen LogP contribution in [0.5, 0.6) is 11.5 Å². The Morgan fingerprint density at radius 3 is 2.07 bits per heavy atom. The molecule has 0 aliphatic rings. The van der Waals surface area contributed by atoms with Crippen LogP contribution in [-0.4, -0.2) is 14.4 Å². The molecule has 0 aliphatic heterocycles. The molecule has 6 heteroatoms. The molecule has 0 saturated heterocycles. The number of hydrogen-bond acceptors (Lipinski definition) is 5. The van der Waals surface area contributed by atoms with Gasteiger partial charge in [0.1, 0.15) is 6.61 Å². The van der Waals surface area contributed by atoms with Gasteiger partial charge in [0.15, 0.2) is 11.5 Å². The lowest BCUT2D eigenvalue weighted by Crippen LogP contribution is -2.07. The van der Waals surface area contributed by atoms with Gasteiger partial charge in [0, 0.05) is 13.0 Å². The van der Waals surface area contributed by atoms with Crippen LogP contribution in [0.3, 0.4) is 0 Å². The first-order valence-electron chi connectivity index (χ1n) is 8.26. The Morgan fingerprint density at radius 1 is 0.815 bits per heavy atom. The fourth-order valence-electron chi connectivity index (χ4n) is 2.48. The minimum atomic E-state index is -3.73. The van der Waals surface area contributed by atoms with Crippen molar-refractivity contribution in [2.75, 3.05) is 0 Å². The van der Waals surface area contributed by atoms with E-state index in [0.717, 1.165) is 5.56 Å². The predicted octanol–water partition coefficient (Wildman–Crippen LogP) is 4.02. The van der Waals surface area contributed by atoms with Gasteiger partial charge in [0.2, 0.25) is 9.84 Å². The second-order valence-electron chi connectivity index (χ2n) is 5.79. The van der Waals surface area contributed by atoms with Gasteiger partial charge in [-0.05, 0) is 29.8 Å². The lowest BCUT2D eigenvalue weighted by molar-refractivity contribution is -0.132. The third-order valence-corrected chi connectivity index (χ3v) is 5.54. The van der Waals surface area contributed by atoms with Crippen molar-refractivity contribution in [3.05, 3.63) is 84.4 Å². The number of ether oxygens (including phenoxy) is 2. The van der Waals surface area contributed by atoms with Gasteiger partial charge in [-0.25, -0.2) is 8.42 Å². The van der Waals surface area contributed by atoms with Gasteiger partial charge in [-0.3, -0.25) is 4.79 Å². The highest BCUT2D eigenvalue weighted by molar-refractivity contribution is 7.91. The maximum atomic E-state index is 12.8. The summed E-state index contributed by atoms with van der Waals surface area (Å²) >= 11 is 0. The largest absolute Gasteiger partial charge is 0.485 e. The summed E-state index contributed by atoms with van der Waals surface area (Å²) in [6.45, 7) is 1.51. The third kappa shape index (κ3) is 4.54. The van der Waals surface area contributed by atoms with E-state index in [2.05, 4.69) is 0 Å². The standard InChI is InChI=1S/C21H18O5S/c1-16(22)26-21-14-19(27(23,24)18-10-6-3-7-11-18)12-13-20(21)25-15-17-8-4-2-5-9-17/h2-14H,15H2,1H3. The molecule has 5 nitrogen and oxygen atoms in total. The van der Waals surface area contributed by atoms with Crippen LogP contribution in [0.4, 0.5) is 0 Å². The maximum absolute atomic E-state index is 12.8. The molecule has 0 amide bonds. The lowest BCUT2D eigenvalue weighted by atomic mass is 10.2. The molecular weight excluding hydrogens is 364 g/mol. The Kier molecular flexibility index (Phi) is 5.57. The van der Waals surface area contributed by atoms with Crippen LogP contribution in [0.25, 0.3) is 0 Å². The summed E-state index contributed by atoms with van der Waals surface area (Å²) < 4.78 is 36.5. The van der Waals surface area contributed by atoms with E-state index in [9.17, 15) is 13.2 Å². The molecule has 0 aliphatic carbocycles. The molecule has 0 aromatic heterocycles. The van der Waals surface area contributed by atoms with Crippen LogP contribution in [0.1, 0.15) is 12.5 Å². The van der Waals surface area contributed by atoms with E-state index < -0.39 is 15.8 Å². The summed E-state index contributed by atoms with van der Waals surface area (Å²) in [5, 5.41) is 0. The number of sulfone groups is 1. The summed E-state index contributed by atoms with van der Waals surface area (Å²) in [6.07, 6.45) is 0. The molecule has 0 unspecified atom stereocenters. The van der Waals surface area contributed by atoms with E-state index in [0.29, 0.717) is 5.75 Å². The van der Waals surface area contributed by atoms with Crippen LogP contribution in [-0.2, 0) is 21.2 Å². The van der Waals surface area contributed by atoms with Crippen molar-refractivity contribution < 1.29 is 22.7 Å². The second kappa shape index (κ2) is 8.05. The fourth-order valence-corrected chi connectivity index (χ4v) is 3.78. The van der Waals surface area contributed by atoms with E-state index in [-0.39, 0.29) is 22.1 Å². The van der Waals surface area contributed by atoms with Crippen molar-refractivity contribution in [2.24, 2.45) is 0 Å². The molecule has 0 heterocycles. The summed E-state index contributed by atoms with van der Waals surface area (Å²) in [5.74, 6) is -0.203. The Labute approximate surface area is 158 Å². The third-order valence-electron chi connectivity index (χ3n) is 3.77. The summed E-state index contributed by atoms with van der Waals surface area (Å²) in [7, 11) is -3.73. The number of rotatable bonds is 6. The molecule has 3 aromatic carbocycles. The fraction of sp³-hybridized carbons (Fsp3) is 0.0952. The molecule has 27 heavy (non-hydrogen) atoms. The smallest absolute Gasteiger partial charge is 0.308 e. The maximum Gasteiger partial charge on any atom is 0.308 e. The number of benzene rings is 3. The number of carbonyl (C=O) groups excluding carboxylic acids is 1. The van der Waals surface area contributed by atoms with Gasteiger partial charge in [-0.15, -0.1) is 0 Å². The molecule has 0 atom stereocenters. The predicted molar refractivity (Wildman–Crippen MR) is 100 cm³/mol. The molecule has 0 radical (unpaired) electrons. The van der Waals surface area contributed by atoms with Crippen molar-refractivity contribution in [1.29, 1.82) is 0 Å². The van der Waals surface area contributed by atoms with Crippen LogP contribution < -0.4 is 9.47 Å². The van der Waals surface area contributed by atoms with E-state index in [4.69, 9.17) is 9.47 Å². The zero-order valence-electron chi connectivity index (χ0n) is 14.7. The van der Waals surface area contributed by atoms with Crippen LogP contribution in [0.15, 0.2) is 88.7 Å². The van der Waals surface area contributed by atoms with Gasteiger partial charge in [-0.1, -0.05) is 48.5 Å². The average molecular weight is 382 g/mol. The van der Waals surface area contributed by atoms with Crippen molar-refractivity contribution in [3.63, 3.8) is 0 Å². The second-order valence-corrected chi connectivity index (χ2v) is 7.74. The Bertz CT molecular complexity index is 1030. The molecule has 0 bridgehead atoms. The first kappa shape index (κ1) is 18.7. The topological polar surface area (TPSA) is 69.7 Å². The molecule has 0 saturated carbocycles. The van der Waals surface area contributed by atoms with Crippen molar-refractivity contribution >= 4 is 15.8 Å². The lowest BCUT2D eigenvalue weighted by Gasteiger charge is -2.13. The highest BCUT2D eigenvalue weighted by atomic mass is 32.2. The highest BCUT2D eigenvalue weighted by Gasteiger charge is 2.20. The zero-order chi connectivity index (χ0) is 19.3. The molecule has 0 N–H and O–H groups in total. The van der Waals surface area contributed by atoms with Crippen molar-refractivity contribution in [2.45, 2.75) is 23.3 Å². The minimum absolute atomic E-state index is 0.0250. The van der Waals surface area contributed by atoms with Gasteiger partial charge in [0.25, 0.3) is 0 Å². The van der Waals surface area contributed by atoms with Gasteiger partial charge >= 0.3 is 5.97 Å². The monoisotopic (exact) mass is 382 g/mol. The summed E-state index contributed by atoms with van der Waals surface area (Å²) in [4.78, 5) is 11.6. The highest BCUT2D eigenvalue weighted by Crippen LogP contribution is 2.33.